The average Bonchev–Trinajstić information content (AvgIpc) is 2.05. The Balaban J connectivity index is 2.86. The van der Waals surface area contributed by atoms with Crippen LogP contribution in [0.1, 0.15) is 34.6 Å². The molecule has 2 nitrogen and oxygen atoms in total. The molecule has 0 heterocycles. The standard InChI is InChI=1S/C13H20O2/c1-10(2)14-11-8-6-7-9-12(11)15-13(3,4)5/h6-10H,1-5H3. The monoisotopic (exact) mass is 208 g/mol. The molecule has 1 rings (SSSR count). The lowest BCUT2D eigenvalue weighted by atomic mass is 10.2. The number of rotatable bonds is 3. The van der Waals surface area contributed by atoms with Crippen molar-refractivity contribution in [3.8, 4) is 11.5 Å². The van der Waals surface area contributed by atoms with Crippen molar-refractivity contribution in [2.24, 2.45) is 0 Å². The van der Waals surface area contributed by atoms with E-state index in [0.717, 1.165) is 11.5 Å². The molecule has 1 aromatic carbocycles. The Bertz CT molecular complexity index is 311. The fourth-order valence-electron chi connectivity index (χ4n) is 1.22. The van der Waals surface area contributed by atoms with Crippen molar-refractivity contribution in [2.45, 2.75) is 46.3 Å². The molecule has 0 spiro atoms. The minimum Gasteiger partial charge on any atom is -0.487 e. The maximum atomic E-state index is 5.81. The van der Waals surface area contributed by atoms with Gasteiger partial charge in [0.15, 0.2) is 11.5 Å². The molecule has 0 N–H and O–H groups in total. The molecule has 0 bridgehead atoms. The third-order valence-electron chi connectivity index (χ3n) is 1.63. The van der Waals surface area contributed by atoms with Crippen LogP contribution in [0.25, 0.3) is 0 Å². The van der Waals surface area contributed by atoms with Gasteiger partial charge in [0.25, 0.3) is 0 Å². The van der Waals surface area contributed by atoms with Crippen LogP contribution in [0, 0.1) is 0 Å². The van der Waals surface area contributed by atoms with E-state index >= 15 is 0 Å². The number of hydrogen-bond donors (Lipinski definition) is 0. The summed E-state index contributed by atoms with van der Waals surface area (Å²) >= 11 is 0. The number of benzene rings is 1. The van der Waals surface area contributed by atoms with E-state index in [1.54, 1.807) is 0 Å². The molecule has 2 heteroatoms. The Kier molecular flexibility index (Phi) is 3.61. The Hall–Kier alpha value is -1.18. The van der Waals surface area contributed by atoms with Gasteiger partial charge in [-0.2, -0.15) is 0 Å². The second-order valence-electron chi connectivity index (χ2n) is 4.83. The Morgan fingerprint density at radius 1 is 1.00 bits per heavy atom. The molecule has 0 atom stereocenters. The average molecular weight is 208 g/mol. The van der Waals surface area contributed by atoms with E-state index in [4.69, 9.17) is 9.47 Å². The third kappa shape index (κ3) is 4.24. The van der Waals surface area contributed by atoms with E-state index in [-0.39, 0.29) is 11.7 Å². The summed E-state index contributed by atoms with van der Waals surface area (Å²) in [5.74, 6) is 1.61. The Labute approximate surface area is 92.2 Å². The van der Waals surface area contributed by atoms with Gasteiger partial charge in [-0.1, -0.05) is 12.1 Å². The van der Waals surface area contributed by atoms with Crippen molar-refractivity contribution in [3.63, 3.8) is 0 Å². The normalized spacial score (nSPS) is 11.6. The first kappa shape index (κ1) is 11.9. The van der Waals surface area contributed by atoms with Gasteiger partial charge >= 0.3 is 0 Å². The van der Waals surface area contributed by atoms with Crippen LogP contribution in [-0.4, -0.2) is 11.7 Å². The molecule has 0 radical (unpaired) electrons. The van der Waals surface area contributed by atoms with Crippen LogP contribution in [0.2, 0.25) is 0 Å². The van der Waals surface area contributed by atoms with Gasteiger partial charge in [0.1, 0.15) is 5.60 Å². The highest BCUT2D eigenvalue weighted by Gasteiger charge is 2.15. The van der Waals surface area contributed by atoms with Gasteiger partial charge in [-0.3, -0.25) is 0 Å². The number of ether oxygens (including phenoxy) is 2. The van der Waals surface area contributed by atoms with Crippen LogP contribution in [0.4, 0.5) is 0 Å². The topological polar surface area (TPSA) is 18.5 Å². The lowest BCUT2D eigenvalue weighted by molar-refractivity contribution is 0.119. The van der Waals surface area contributed by atoms with E-state index in [1.807, 2.05) is 58.9 Å². The van der Waals surface area contributed by atoms with Gasteiger partial charge in [-0.25, -0.2) is 0 Å². The third-order valence-corrected chi connectivity index (χ3v) is 1.63. The van der Waals surface area contributed by atoms with Crippen LogP contribution >= 0.6 is 0 Å². The second-order valence-corrected chi connectivity index (χ2v) is 4.83. The molecule has 0 amide bonds. The first-order valence-electron chi connectivity index (χ1n) is 5.33. The molecular formula is C13H20O2. The summed E-state index contributed by atoms with van der Waals surface area (Å²) in [6.07, 6.45) is 0.162. The summed E-state index contributed by atoms with van der Waals surface area (Å²) in [5.41, 5.74) is -0.198. The van der Waals surface area contributed by atoms with E-state index in [2.05, 4.69) is 0 Å². The number of para-hydroxylation sites is 2. The van der Waals surface area contributed by atoms with E-state index in [1.165, 1.54) is 0 Å². The van der Waals surface area contributed by atoms with Gasteiger partial charge < -0.3 is 9.47 Å². The lowest BCUT2D eigenvalue weighted by Gasteiger charge is -2.23. The maximum absolute atomic E-state index is 5.81. The minimum absolute atomic E-state index is 0.162. The van der Waals surface area contributed by atoms with Crippen molar-refractivity contribution in [2.75, 3.05) is 0 Å². The zero-order chi connectivity index (χ0) is 11.5. The highest BCUT2D eigenvalue weighted by molar-refractivity contribution is 5.39. The highest BCUT2D eigenvalue weighted by Crippen LogP contribution is 2.30. The van der Waals surface area contributed by atoms with Crippen LogP contribution < -0.4 is 9.47 Å². The highest BCUT2D eigenvalue weighted by atomic mass is 16.5. The Morgan fingerprint density at radius 2 is 1.53 bits per heavy atom. The lowest BCUT2D eigenvalue weighted by Crippen LogP contribution is -2.23. The smallest absolute Gasteiger partial charge is 0.161 e. The molecule has 0 aromatic heterocycles. The summed E-state index contributed by atoms with van der Waals surface area (Å²) in [6.45, 7) is 10.1. The van der Waals surface area contributed by atoms with Gasteiger partial charge in [0, 0.05) is 0 Å². The van der Waals surface area contributed by atoms with Crippen molar-refractivity contribution in [3.05, 3.63) is 24.3 Å². The van der Waals surface area contributed by atoms with Crippen LogP contribution in [0.5, 0.6) is 11.5 Å². The predicted octanol–water partition coefficient (Wildman–Crippen LogP) is 3.65. The van der Waals surface area contributed by atoms with Crippen molar-refractivity contribution in [1.82, 2.24) is 0 Å². The largest absolute Gasteiger partial charge is 0.487 e. The Morgan fingerprint density at radius 3 is 2.00 bits per heavy atom. The van der Waals surface area contributed by atoms with Crippen molar-refractivity contribution in [1.29, 1.82) is 0 Å². The molecule has 1 aromatic rings. The first-order valence-corrected chi connectivity index (χ1v) is 5.33. The summed E-state index contributed by atoms with van der Waals surface area (Å²) in [7, 11) is 0. The van der Waals surface area contributed by atoms with Crippen LogP contribution in [0.15, 0.2) is 24.3 Å². The van der Waals surface area contributed by atoms with Gasteiger partial charge in [0.2, 0.25) is 0 Å². The summed E-state index contributed by atoms with van der Waals surface area (Å²) < 4.78 is 11.5. The molecule has 0 saturated carbocycles. The minimum atomic E-state index is -0.198. The van der Waals surface area contributed by atoms with Gasteiger partial charge in [-0.15, -0.1) is 0 Å². The fourth-order valence-corrected chi connectivity index (χ4v) is 1.22. The molecule has 0 unspecified atom stereocenters. The molecule has 15 heavy (non-hydrogen) atoms. The molecule has 0 aliphatic carbocycles. The van der Waals surface area contributed by atoms with Crippen LogP contribution in [0.3, 0.4) is 0 Å². The van der Waals surface area contributed by atoms with Gasteiger partial charge in [-0.05, 0) is 46.8 Å². The molecular weight excluding hydrogens is 188 g/mol. The summed E-state index contributed by atoms with van der Waals surface area (Å²) in [4.78, 5) is 0. The molecule has 0 saturated heterocycles. The maximum Gasteiger partial charge on any atom is 0.161 e. The first-order chi connectivity index (χ1) is 6.88. The van der Waals surface area contributed by atoms with Crippen molar-refractivity contribution < 1.29 is 9.47 Å². The van der Waals surface area contributed by atoms with Crippen LogP contribution in [-0.2, 0) is 0 Å². The van der Waals surface area contributed by atoms with E-state index in [9.17, 15) is 0 Å². The van der Waals surface area contributed by atoms with Crippen molar-refractivity contribution >= 4 is 0 Å². The fraction of sp³-hybridized carbons (Fsp3) is 0.538. The summed E-state index contributed by atoms with van der Waals surface area (Å²) in [6, 6.07) is 7.77. The quantitative estimate of drug-likeness (QED) is 0.754. The molecule has 0 aliphatic heterocycles. The van der Waals surface area contributed by atoms with E-state index < -0.39 is 0 Å². The molecule has 0 fully saturated rings. The summed E-state index contributed by atoms with van der Waals surface area (Å²) in [5, 5.41) is 0. The molecule has 0 aliphatic rings. The predicted molar refractivity (Wildman–Crippen MR) is 62.6 cm³/mol. The van der Waals surface area contributed by atoms with E-state index in [0.29, 0.717) is 0 Å². The zero-order valence-electron chi connectivity index (χ0n) is 10.2. The SMILES string of the molecule is CC(C)Oc1ccccc1OC(C)(C)C. The molecule has 84 valence electrons. The number of hydrogen-bond acceptors (Lipinski definition) is 2. The van der Waals surface area contributed by atoms with Gasteiger partial charge in [0.05, 0.1) is 6.10 Å². The zero-order valence-corrected chi connectivity index (χ0v) is 10.2. The second kappa shape index (κ2) is 4.56.